The van der Waals surface area contributed by atoms with E-state index >= 15 is 0 Å². The van der Waals surface area contributed by atoms with Crippen LogP contribution in [0.2, 0.25) is 0 Å². The highest BCUT2D eigenvalue weighted by molar-refractivity contribution is 5.78. The minimum Gasteiger partial charge on any atom is -0.388 e. The first-order valence-corrected chi connectivity index (χ1v) is 7.50. The summed E-state index contributed by atoms with van der Waals surface area (Å²) in [6.45, 7) is 5.22. The Bertz CT molecular complexity index is 644. The highest BCUT2D eigenvalue weighted by atomic mass is 15.1. The number of anilines is 1. The summed E-state index contributed by atoms with van der Waals surface area (Å²) in [5, 5.41) is 3.30. The third-order valence-corrected chi connectivity index (χ3v) is 4.03. The van der Waals surface area contributed by atoms with Gasteiger partial charge in [0, 0.05) is 37.9 Å². The number of nitrogens with zero attached hydrogens (tertiary/aromatic N) is 1. The van der Waals surface area contributed by atoms with E-state index in [1.807, 2.05) is 7.05 Å². The SMILES string of the molecule is CNc1ccc(C)cc1C1=CCN(Cc2ccccc2)C1. The molecule has 0 unspecified atom stereocenters. The number of aryl methyl sites for hydroxylation is 1. The van der Waals surface area contributed by atoms with Crippen molar-refractivity contribution >= 4 is 11.3 Å². The van der Waals surface area contributed by atoms with Crippen molar-refractivity contribution in [2.45, 2.75) is 13.5 Å². The normalized spacial score (nSPS) is 15.0. The minimum atomic E-state index is 1.02. The Hall–Kier alpha value is -2.06. The molecule has 1 aliphatic rings. The zero-order chi connectivity index (χ0) is 14.7. The summed E-state index contributed by atoms with van der Waals surface area (Å²) in [6.07, 6.45) is 2.36. The van der Waals surface area contributed by atoms with Crippen molar-refractivity contribution in [1.29, 1.82) is 0 Å². The molecule has 0 fully saturated rings. The molecule has 0 atom stereocenters. The summed E-state index contributed by atoms with van der Waals surface area (Å²) in [7, 11) is 1.99. The molecular weight excluding hydrogens is 256 g/mol. The van der Waals surface area contributed by atoms with Crippen molar-refractivity contribution in [3.8, 4) is 0 Å². The van der Waals surface area contributed by atoms with Crippen LogP contribution in [-0.4, -0.2) is 25.0 Å². The van der Waals surface area contributed by atoms with Crippen LogP contribution in [0, 0.1) is 6.92 Å². The van der Waals surface area contributed by atoms with Crippen molar-refractivity contribution in [3.63, 3.8) is 0 Å². The van der Waals surface area contributed by atoms with E-state index in [0.29, 0.717) is 0 Å². The van der Waals surface area contributed by atoms with Crippen LogP contribution in [0.1, 0.15) is 16.7 Å². The standard InChI is InChI=1S/C19H22N2/c1-15-8-9-19(20-2)18(12-15)17-10-11-21(14-17)13-16-6-4-3-5-7-16/h3-10,12,20H,11,13-14H2,1-2H3. The molecule has 0 saturated heterocycles. The Kier molecular flexibility index (Phi) is 4.07. The maximum atomic E-state index is 3.30. The van der Waals surface area contributed by atoms with Crippen LogP contribution in [0.3, 0.4) is 0 Å². The lowest BCUT2D eigenvalue weighted by Crippen LogP contribution is -2.20. The van der Waals surface area contributed by atoms with Gasteiger partial charge in [0.15, 0.2) is 0 Å². The second-order valence-electron chi connectivity index (χ2n) is 5.68. The molecule has 0 aliphatic carbocycles. The minimum absolute atomic E-state index is 1.02. The number of hydrogen-bond acceptors (Lipinski definition) is 2. The van der Waals surface area contributed by atoms with Gasteiger partial charge in [-0.05, 0) is 30.2 Å². The van der Waals surface area contributed by atoms with Crippen LogP contribution in [0.15, 0.2) is 54.6 Å². The molecular formula is C19H22N2. The van der Waals surface area contributed by atoms with Crippen molar-refractivity contribution in [3.05, 3.63) is 71.3 Å². The molecule has 3 rings (SSSR count). The zero-order valence-corrected chi connectivity index (χ0v) is 12.8. The Morgan fingerprint density at radius 2 is 1.90 bits per heavy atom. The first-order chi connectivity index (χ1) is 10.3. The highest BCUT2D eigenvalue weighted by Crippen LogP contribution is 2.29. The first kappa shape index (κ1) is 13.9. The van der Waals surface area contributed by atoms with E-state index in [4.69, 9.17) is 0 Å². The van der Waals surface area contributed by atoms with E-state index in [1.54, 1.807) is 0 Å². The number of hydrogen-bond donors (Lipinski definition) is 1. The molecule has 2 aromatic carbocycles. The average Bonchev–Trinajstić information content (AvgIpc) is 2.96. The first-order valence-electron chi connectivity index (χ1n) is 7.50. The van der Waals surface area contributed by atoms with Gasteiger partial charge in [0.05, 0.1) is 0 Å². The molecule has 0 radical (unpaired) electrons. The van der Waals surface area contributed by atoms with Crippen LogP contribution in [0.5, 0.6) is 0 Å². The van der Waals surface area contributed by atoms with Gasteiger partial charge in [-0.2, -0.15) is 0 Å². The van der Waals surface area contributed by atoms with Gasteiger partial charge in [-0.15, -0.1) is 0 Å². The molecule has 2 heteroatoms. The fraction of sp³-hybridized carbons (Fsp3) is 0.263. The van der Waals surface area contributed by atoms with Gasteiger partial charge in [-0.3, -0.25) is 4.90 Å². The van der Waals surface area contributed by atoms with Gasteiger partial charge >= 0.3 is 0 Å². The molecule has 2 aromatic rings. The van der Waals surface area contributed by atoms with Crippen LogP contribution in [-0.2, 0) is 6.54 Å². The number of benzene rings is 2. The molecule has 21 heavy (non-hydrogen) atoms. The zero-order valence-electron chi connectivity index (χ0n) is 12.8. The molecule has 2 nitrogen and oxygen atoms in total. The molecule has 0 spiro atoms. The Balaban J connectivity index is 1.73. The van der Waals surface area contributed by atoms with Crippen LogP contribution in [0.25, 0.3) is 5.57 Å². The second-order valence-corrected chi connectivity index (χ2v) is 5.68. The molecule has 0 amide bonds. The van der Waals surface area contributed by atoms with Gasteiger partial charge < -0.3 is 5.32 Å². The monoisotopic (exact) mass is 278 g/mol. The van der Waals surface area contributed by atoms with E-state index < -0.39 is 0 Å². The van der Waals surface area contributed by atoms with Crippen LogP contribution < -0.4 is 5.32 Å². The number of rotatable bonds is 4. The van der Waals surface area contributed by atoms with E-state index in [2.05, 4.69) is 71.7 Å². The predicted octanol–water partition coefficient (Wildman–Crippen LogP) is 3.94. The van der Waals surface area contributed by atoms with Gasteiger partial charge in [0.25, 0.3) is 0 Å². The summed E-state index contributed by atoms with van der Waals surface area (Å²) in [6, 6.07) is 17.3. The lowest BCUT2D eigenvalue weighted by molar-refractivity contribution is 0.348. The predicted molar refractivity (Wildman–Crippen MR) is 90.4 cm³/mol. The van der Waals surface area contributed by atoms with Crippen molar-refractivity contribution in [2.75, 3.05) is 25.5 Å². The Morgan fingerprint density at radius 3 is 2.67 bits per heavy atom. The van der Waals surface area contributed by atoms with Crippen LogP contribution in [0.4, 0.5) is 5.69 Å². The van der Waals surface area contributed by atoms with Gasteiger partial charge in [0.2, 0.25) is 0 Å². The molecule has 0 aromatic heterocycles. The molecule has 1 N–H and O–H groups in total. The van der Waals surface area contributed by atoms with Crippen molar-refractivity contribution < 1.29 is 0 Å². The average molecular weight is 278 g/mol. The fourth-order valence-corrected chi connectivity index (χ4v) is 2.91. The molecule has 0 saturated carbocycles. The summed E-state index contributed by atoms with van der Waals surface area (Å²) in [5.41, 5.74) is 6.68. The third-order valence-electron chi connectivity index (χ3n) is 4.03. The van der Waals surface area contributed by atoms with Gasteiger partial charge in [-0.1, -0.05) is 48.0 Å². The maximum absolute atomic E-state index is 3.30. The summed E-state index contributed by atoms with van der Waals surface area (Å²) in [5.74, 6) is 0. The Morgan fingerprint density at radius 1 is 1.10 bits per heavy atom. The fourth-order valence-electron chi connectivity index (χ4n) is 2.91. The molecule has 108 valence electrons. The molecule has 0 bridgehead atoms. The van der Waals surface area contributed by atoms with E-state index in [0.717, 1.165) is 19.6 Å². The summed E-state index contributed by atoms with van der Waals surface area (Å²) < 4.78 is 0. The van der Waals surface area contributed by atoms with Gasteiger partial charge in [0.1, 0.15) is 0 Å². The highest BCUT2D eigenvalue weighted by Gasteiger charge is 2.17. The molecule has 1 aliphatic heterocycles. The van der Waals surface area contributed by atoms with Crippen molar-refractivity contribution in [2.24, 2.45) is 0 Å². The summed E-state index contributed by atoms with van der Waals surface area (Å²) in [4.78, 5) is 2.48. The van der Waals surface area contributed by atoms with Gasteiger partial charge in [-0.25, -0.2) is 0 Å². The van der Waals surface area contributed by atoms with Crippen molar-refractivity contribution in [1.82, 2.24) is 4.90 Å². The van der Waals surface area contributed by atoms with E-state index in [9.17, 15) is 0 Å². The third kappa shape index (κ3) is 3.17. The van der Waals surface area contributed by atoms with E-state index in [1.165, 1.54) is 28.0 Å². The number of nitrogens with one attached hydrogen (secondary N) is 1. The lowest BCUT2D eigenvalue weighted by Gasteiger charge is -2.17. The van der Waals surface area contributed by atoms with E-state index in [-0.39, 0.29) is 0 Å². The lowest BCUT2D eigenvalue weighted by atomic mass is 10.0. The summed E-state index contributed by atoms with van der Waals surface area (Å²) >= 11 is 0. The largest absolute Gasteiger partial charge is 0.388 e. The topological polar surface area (TPSA) is 15.3 Å². The maximum Gasteiger partial charge on any atom is 0.0414 e. The quantitative estimate of drug-likeness (QED) is 0.911. The molecule has 1 heterocycles. The second kappa shape index (κ2) is 6.15. The Labute approximate surface area is 127 Å². The van der Waals surface area contributed by atoms with Crippen LogP contribution >= 0.6 is 0 Å². The smallest absolute Gasteiger partial charge is 0.0414 e.